The lowest BCUT2D eigenvalue weighted by Gasteiger charge is -2.36. The van der Waals surface area contributed by atoms with E-state index in [4.69, 9.17) is 10.9 Å². The van der Waals surface area contributed by atoms with Crippen molar-refractivity contribution in [2.45, 2.75) is 40.0 Å². The van der Waals surface area contributed by atoms with Gasteiger partial charge in [0.25, 0.3) is 0 Å². The number of amides is 1. The van der Waals surface area contributed by atoms with Crippen molar-refractivity contribution in [2.24, 2.45) is 22.2 Å². The smallest absolute Gasteiger partial charge is 0.236 e. The van der Waals surface area contributed by atoms with E-state index in [9.17, 15) is 4.79 Å². The van der Waals surface area contributed by atoms with Crippen LogP contribution in [0, 0.1) is 11.3 Å². The van der Waals surface area contributed by atoms with Crippen LogP contribution in [0.15, 0.2) is 5.16 Å². The van der Waals surface area contributed by atoms with Gasteiger partial charge in [0.15, 0.2) is 5.84 Å². The largest absolute Gasteiger partial charge is 0.409 e. The molecule has 1 unspecified atom stereocenters. The molecule has 0 saturated carbocycles. The van der Waals surface area contributed by atoms with Crippen LogP contribution in [0.3, 0.4) is 0 Å². The molecule has 1 aliphatic rings. The van der Waals surface area contributed by atoms with E-state index < -0.39 is 5.41 Å². The van der Waals surface area contributed by atoms with Crippen LogP contribution in [0.2, 0.25) is 0 Å². The molecule has 3 N–H and O–H groups in total. The second-order valence-corrected chi connectivity index (χ2v) is 5.15. The Hall–Kier alpha value is -1.26. The molecule has 0 aliphatic carbocycles. The molecule has 5 heteroatoms. The Labute approximate surface area is 103 Å². The molecule has 0 radical (unpaired) electrons. The molecule has 1 aliphatic heterocycles. The lowest BCUT2D eigenvalue weighted by atomic mass is 9.83. The number of carbonyl (C=O) groups excluding carboxylic acids is 1. The van der Waals surface area contributed by atoms with Gasteiger partial charge in [-0.25, -0.2) is 0 Å². The molecule has 0 spiro atoms. The van der Waals surface area contributed by atoms with Gasteiger partial charge in [0.2, 0.25) is 5.91 Å². The molecule has 0 bridgehead atoms. The van der Waals surface area contributed by atoms with E-state index in [1.165, 1.54) is 0 Å². The molecule has 1 atom stereocenters. The topological polar surface area (TPSA) is 78.9 Å². The Balaban J connectivity index is 2.80. The number of carbonyl (C=O) groups is 1. The number of nitrogens with two attached hydrogens (primary N) is 1. The van der Waals surface area contributed by atoms with Crippen molar-refractivity contribution in [3.63, 3.8) is 0 Å². The number of amidine groups is 1. The third-order valence-corrected chi connectivity index (χ3v) is 3.92. The second kappa shape index (κ2) is 5.38. The minimum atomic E-state index is -0.880. The Bertz CT molecular complexity index is 309. The molecular formula is C12H23N3O2. The number of nitrogens with zero attached hydrogens (tertiary/aromatic N) is 2. The van der Waals surface area contributed by atoms with Gasteiger partial charge in [-0.3, -0.25) is 4.79 Å². The number of rotatable bonds is 3. The van der Waals surface area contributed by atoms with Crippen LogP contribution in [0.4, 0.5) is 0 Å². The van der Waals surface area contributed by atoms with E-state index in [2.05, 4.69) is 12.1 Å². The normalized spacial score (nSPS) is 22.3. The first-order valence-electron chi connectivity index (χ1n) is 6.23. The summed E-state index contributed by atoms with van der Waals surface area (Å²) in [5, 5.41) is 11.8. The highest BCUT2D eigenvalue weighted by atomic mass is 16.4. The molecule has 5 nitrogen and oxygen atoms in total. The Morgan fingerprint density at radius 1 is 1.53 bits per heavy atom. The number of oxime groups is 1. The van der Waals surface area contributed by atoms with Crippen molar-refractivity contribution < 1.29 is 10.0 Å². The fourth-order valence-electron chi connectivity index (χ4n) is 2.11. The third kappa shape index (κ3) is 2.70. The fraction of sp³-hybridized carbons (Fsp3) is 0.833. The van der Waals surface area contributed by atoms with Gasteiger partial charge in [-0.15, -0.1) is 0 Å². The second-order valence-electron chi connectivity index (χ2n) is 5.15. The summed E-state index contributed by atoms with van der Waals surface area (Å²) in [5.74, 6) is 0.654. The van der Waals surface area contributed by atoms with Gasteiger partial charge in [0, 0.05) is 13.1 Å². The van der Waals surface area contributed by atoms with Crippen molar-refractivity contribution in [3.05, 3.63) is 0 Å². The van der Waals surface area contributed by atoms with E-state index in [-0.39, 0.29) is 11.7 Å². The monoisotopic (exact) mass is 241 g/mol. The van der Waals surface area contributed by atoms with Crippen LogP contribution >= 0.6 is 0 Å². The quantitative estimate of drug-likeness (QED) is 0.339. The summed E-state index contributed by atoms with van der Waals surface area (Å²) in [6, 6.07) is 0. The molecule has 1 amide bonds. The summed E-state index contributed by atoms with van der Waals surface area (Å²) < 4.78 is 0. The van der Waals surface area contributed by atoms with Gasteiger partial charge in [-0.2, -0.15) is 0 Å². The SMILES string of the molecule is CCC(C)(C(=O)N1CCC(C)CC1)C(N)=NO. The van der Waals surface area contributed by atoms with Gasteiger partial charge < -0.3 is 15.8 Å². The fourth-order valence-corrected chi connectivity index (χ4v) is 2.11. The van der Waals surface area contributed by atoms with Crippen molar-refractivity contribution >= 4 is 11.7 Å². The summed E-state index contributed by atoms with van der Waals surface area (Å²) in [6.45, 7) is 7.36. The van der Waals surface area contributed by atoms with Gasteiger partial charge in [0.05, 0.1) is 0 Å². The van der Waals surface area contributed by atoms with Crippen molar-refractivity contribution in [2.75, 3.05) is 13.1 Å². The number of piperidine rings is 1. The summed E-state index contributed by atoms with van der Waals surface area (Å²) in [7, 11) is 0. The van der Waals surface area contributed by atoms with Crippen molar-refractivity contribution in [1.82, 2.24) is 4.90 Å². The van der Waals surface area contributed by atoms with Gasteiger partial charge >= 0.3 is 0 Å². The first kappa shape index (κ1) is 13.8. The van der Waals surface area contributed by atoms with Crippen LogP contribution < -0.4 is 5.73 Å². The zero-order valence-electron chi connectivity index (χ0n) is 10.9. The lowest BCUT2D eigenvalue weighted by Crippen LogP contribution is -2.51. The minimum Gasteiger partial charge on any atom is -0.409 e. The van der Waals surface area contributed by atoms with Crippen LogP contribution in [0.1, 0.15) is 40.0 Å². The molecule has 98 valence electrons. The van der Waals surface area contributed by atoms with Crippen molar-refractivity contribution in [3.8, 4) is 0 Å². The zero-order valence-corrected chi connectivity index (χ0v) is 10.9. The molecule has 1 saturated heterocycles. The van der Waals surface area contributed by atoms with Crippen LogP contribution in [0.5, 0.6) is 0 Å². The first-order valence-corrected chi connectivity index (χ1v) is 6.23. The molecular weight excluding hydrogens is 218 g/mol. The molecule has 0 aromatic carbocycles. The molecule has 1 rings (SSSR count). The number of likely N-dealkylation sites (tertiary alicyclic amines) is 1. The van der Waals surface area contributed by atoms with Crippen LogP contribution in [-0.4, -0.2) is 34.9 Å². The Morgan fingerprint density at radius 3 is 2.47 bits per heavy atom. The standard InChI is InChI=1S/C12H23N3O2/c1-4-12(3,10(13)14-17)11(16)15-7-5-9(2)6-8-15/h9,17H,4-8H2,1-3H3,(H2,13,14). The molecule has 0 aromatic heterocycles. The number of hydrogen-bond donors (Lipinski definition) is 2. The van der Waals surface area contributed by atoms with Gasteiger partial charge in [-0.05, 0) is 32.1 Å². The highest BCUT2D eigenvalue weighted by Crippen LogP contribution is 2.27. The molecule has 17 heavy (non-hydrogen) atoms. The maximum absolute atomic E-state index is 12.4. The zero-order chi connectivity index (χ0) is 13.1. The average Bonchev–Trinajstić information content (AvgIpc) is 2.36. The first-order chi connectivity index (χ1) is 7.95. The Morgan fingerprint density at radius 2 is 2.06 bits per heavy atom. The van der Waals surface area contributed by atoms with Crippen molar-refractivity contribution in [1.29, 1.82) is 0 Å². The van der Waals surface area contributed by atoms with E-state index in [1.807, 2.05) is 11.8 Å². The summed E-state index contributed by atoms with van der Waals surface area (Å²) in [4.78, 5) is 14.2. The summed E-state index contributed by atoms with van der Waals surface area (Å²) in [5.41, 5.74) is 4.77. The van der Waals surface area contributed by atoms with Crippen LogP contribution in [0.25, 0.3) is 0 Å². The Kier molecular flexibility index (Phi) is 4.37. The van der Waals surface area contributed by atoms with Crippen LogP contribution in [-0.2, 0) is 4.79 Å². The van der Waals surface area contributed by atoms with E-state index in [0.717, 1.165) is 25.9 Å². The van der Waals surface area contributed by atoms with E-state index in [0.29, 0.717) is 12.3 Å². The van der Waals surface area contributed by atoms with Gasteiger partial charge in [0.1, 0.15) is 5.41 Å². The summed E-state index contributed by atoms with van der Waals surface area (Å²) in [6.07, 6.45) is 2.59. The molecule has 1 fully saturated rings. The predicted molar refractivity (Wildman–Crippen MR) is 66.8 cm³/mol. The highest BCUT2D eigenvalue weighted by molar-refractivity contribution is 6.06. The maximum atomic E-state index is 12.4. The third-order valence-electron chi connectivity index (χ3n) is 3.92. The summed E-state index contributed by atoms with van der Waals surface area (Å²) >= 11 is 0. The predicted octanol–water partition coefficient (Wildman–Crippen LogP) is 1.41. The minimum absolute atomic E-state index is 0.00335. The van der Waals surface area contributed by atoms with E-state index >= 15 is 0 Å². The lowest BCUT2D eigenvalue weighted by molar-refractivity contribution is -0.139. The molecule has 0 aromatic rings. The maximum Gasteiger partial charge on any atom is 0.236 e. The number of hydrogen-bond acceptors (Lipinski definition) is 3. The molecule has 1 heterocycles. The van der Waals surface area contributed by atoms with E-state index in [1.54, 1.807) is 6.92 Å². The highest BCUT2D eigenvalue weighted by Gasteiger charge is 2.40. The average molecular weight is 241 g/mol. The van der Waals surface area contributed by atoms with Gasteiger partial charge in [-0.1, -0.05) is 19.0 Å².